The maximum absolute atomic E-state index is 15.4. The average molecular weight is 847 g/mol. The minimum atomic E-state index is -4.19. The number of allylic oxidation sites excluding steroid dienone is 1. The van der Waals surface area contributed by atoms with Crippen LogP contribution in [0.3, 0.4) is 0 Å². The first kappa shape index (κ1) is 44.7. The molecule has 7 atom stereocenters. The SMILES string of the molecule is C=C[C@@H]1C[C@]1(CC(=O)[C@@H]1C[C@@]2(CN1C(=O)[C@@H](CC(=O)C(NC(=O)[C@@H]1CCCN1C(C)C)C1CCCCC1)C(C)(C)C)C(C)(C)C21CCC1)C(=O)NS(=O)(=O)c1ccccc1. The van der Waals surface area contributed by atoms with Crippen LogP contribution in [0.15, 0.2) is 47.9 Å². The fourth-order valence-electron chi connectivity index (χ4n) is 12.8. The monoisotopic (exact) mass is 846 g/mol. The second-order valence-corrected chi connectivity index (χ2v) is 23.1. The van der Waals surface area contributed by atoms with Crippen molar-refractivity contribution in [2.75, 3.05) is 13.1 Å². The molecule has 2 spiro atoms. The average Bonchev–Trinajstić information content (AvgIpc) is 3.68. The fourth-order valence-corrected chi connectivity index (χ4v) is 13.9. The molecule has 11 nitrogen and oxygen atoms in total. The Bertz CT molecular complexity index is 1980. The Hall–Kier alpha value is -3.38. The lowest BCUT2D eigenvalue weighted by atomic mass is 9.73. The highest BCUT2D eigenvalue weighted by molar-refractivity contribution is 7.90. The summed E-state index contributed by atoms with van der Waals surface area (Å²) in [6, 6.07) is 6.10. The topological polar surface area (TPSA) is 150 Å². The van der Waals surface area contributed by atoms with Gasteiger partial charge in [0.15, 0.2) is 11.6 Å². The molecule has 60 heavy (non-hydrogen) atoms. The minimum absolute atomic E-state index is 0.000618. The molecular weight excluding hydrogens is 777 g/mol. The van der Waals surface area contributed by atoms with Crippen LogP contribution in [0, 0.1) is 44.8 Å². The van der Waals surface area contributed by atoms with Gasteiger partial charge in [0.1, 0.15) is 0 Å². The normalized spacial score (nSPS) is 30.7. The summed E-state index contributed by atoms with van der Waals surface area (Å²) in [5, 5.41) is 3.25. The van der Waals surface area contributed by atoms with Crippen molar-refractivity contribution in [3.05, 3.63) is 43.0 Å². The van der Waals surface area contributed by atoms with Gasteiger partial charge in [0, 0.05) is 36.8 Å². The second kappa shape index (κ2) is 16.1. The number of nitrogens with one attached hydrogen (secondary N) is 2. The number of amides is 3. The van der Waals surface area contributed by atoms with Crippen LogP contribution in [0.2, 0.25) is 0 Å². The molecule has 6 aliphatic rings. The predicted octanol–water partition coefficient (Wildman–Crippen LogP) is 7.00. The highest BCUT2D eigenvalue weighted by Crippen LogP contribution is 2.88. The van der Waals surface area contributed by atoms with E-state index in [1.807, 2.05) is 20.8 Å². The molecule has 0 aromatic heterocycles. The van der Waals surface area contributed by atoms with Crippen molar-refractivity contribution < 1.29 is 32.4 Å². The molecule has 4 aliphatic carbocycles. The first-order chi connectivity index (χ1) is 28.2. The number of carbonyl (C=O) groups excluding carboxylic acids is 5. The summed E-state index contributed by atoms with van der Waals surface area (Å²) in [4.78, 5) is 76.9. The molecular formula is C48H70N4O7S. The summed E-state index contributed by atoms with van der Waals surface area (Å²) in [5.41, 5.74) is -2.32. The Balaban J connectivity index is 1.16. The van der Waals surface area contributed by atoms with Crippen molar-refractivity contribution in [1.82, 2.24) is 19.8 Å². The summed E-state index contributed by atoms with van der Waals surface area (Å²) in [6.07, 6.45) is 11.7. The summed E-state index contributed by atoms with van der Waals surface area (Å²) in [6.45, 7) is 19.8. The van der Waals surface area contributed by atoms with E-state index in [0.29, 0.717) is 13.0 Å². The van der Waals surface area contributed by atoms with Crippen molar-refractivity contribution in [2.45, 2.75) is 167 Å². The maximum atomic E-state index is 15.4. The third-order valence-electron chi connectivity index (χ3n) is 16.9. The van der Waals surface area contributed by atoms with Gasteiger partial charge in [-0.3, -0.25) is 28.9 Å². The standard InChI is InChI=1S/C48H70N4O7S/c1-9-33-27-46(33,43(57)50-60(58,59)34-20-14-11-15-21-34)29-39(54)37-28-48(45(7,8)47(48)23-17-24-47)30-52(37)42(56)35(44(4,5)6)26-38(53)40(32-18-12-10-13-19-32)49-41(55)36-22-16-25-51(36)31(2)3/h9,11,14-15,20-21,31-33,35-37,40H,1,10,12-13,16-19,22-30H2,2-8H3,(H,49,55)(H,50,57)/t33-,35-,36+,37+,40?,46-,48-/m1/s1. The van der Waals surface area contributed by atoms with Gasteiger partial charge in [0.25, 0.3) is 10.0 Å². The lowest BCUT2D eigenvalue weighted by Crippen LogP contribution is -2.54. The zero-order chi connectivity index (χ0) is 43.6. The Labute approximate surface area is 358 Å². The maximum Gasteiger partial charge on any atom is 0.264 e. The third-order valence-corrected chi connectivity index (χ3v) is 18.2. The van der Waals surface area contributed by atoms with E-state index < -0.39 is 50.7 Å². The number of likely N-dealkylation sites (tertiary alicyclic amines) is 2. The highest BCUT2D eigenvalue weighted by atomic mass is 32.2. The predicted molar refractivity (Wildman–Crippen MR) is 231 cm³/mol. The fraction of sp³-hybridized carbons (Fsp3) is 0.729. The smallest absolute Gasteiger partial charge is 0.264 e. The zero-order valence-electron chi connectivity index (χ0n) is 37.2. The molecule has 2 heterocycles. The van der Waals surface area contributed by atoms with Crippen molar-refractivity contribution in [2.24, 2.45) is 44.8 Å². The van der Waals surface area contributed by atoms with E-state index in [9.17, 15) is 27.6 Å². The Kier molecular flexibility index (Phi) is 12.0. The van der Waals surface area contributed by atoms with Gasteiger partial charge in [-0.05, 0) is 112 Å². The van der Waals surface area contributed by atoms with E-state index in [-0.39, 0.29) is 81.8 Å². The summed E-state index contributed by atoms with van der Waals surface area (Å²) >= 11 is 0. The number of hydrogen-bond donors (Lipinski definition) is 2. The van der Waals surface area contributed by atoms with Gasteiger partial charge < -0.3 is 10.2 Å². The molecule has 3 amide bonds. The number of sulfonamides is 1. The third kappa shape index (κ3) is 7.51. The molecule has 1 unspecified atom stereocenters. The van der Waals surface area contributed by atoms with Gasteiger partial charge in [-0.2, -0.15) is 0 Å². The Morgan fingerprint density at radius 2 is 1.57 bits per heavy atom. The number of carbonyl (C=O) groups is 5. The first-order valence-electron chi connectivity index (χ1n) is 22.8. The number of hydrogen-bond acceptors (Lipinski definition) is 8. The van der Waals surface area contributed by atoms with Crippen LogP contribution in [0.1, 0.15) is 138 Å². The van der Waals surface area contributed by atoms with E-state index in [0.717, 1.165) is 70.8 Å². The van der Waals surface area contributed by atoms with Gasteiger partial charge in [0.2, 0.25) is 17.7 Å². The van der Waals surface area contributed by atoms with Crippen LogP contribution in [0.5, 0.6) is 0 Å². The molecule has 2 aliphatic heterocycles. The lowest BCUT2D eigenvalue weighted by molar-refractivity contribution is -0.147. The van der Waals surface area contributed by atoms with E-state index >= 15 is 4.79 Å². The molecule has 330 valence electrons. The minimum Gasteiger partial charge on any atom is -0.345 e. The number of fused-ring (bicyclic) bond motifs is 1. The van der Waals surface area contributed by atoms with Gasteiger partial charge in [-0.15, -0.1) is 6.58 Å². The van der Waals surface area contributed by atoms with Gasteiger partial charge in [0.05, 0.1) is 28.4 Å². The molecule has 4 saturated carbocycles. The molecule has 1 aromatic carbocycles. The van der Waals surface area contributed by atoms with Gasteiger partial charge in [-0.1, -0.05) is 84.6 Å². The van der Waals surface area contributed by atoms with Crippen LogP contribution in [0.4, 0.5) is 0 Å². The summed E-state index contributed by atoms with van der Waals surface area (Å²) < 4.78 is 28.9. The summed E-state index contributed by atoms with van der Waals surface area (Å²) in [7, 11) is -4.19. The van der Waals surface area contributed by atoms with Crippen molar-refractivity contribution in [3.8, 4) is 0 Å². The van der Waals surface area contributed by atoms with Crippen molar-refractivity contribution in [1.29, 1.82) is 0 Å². The number of ketones is 2. The number of nitrogens with zero attached hydrogens (tertiary/aromatic N) is 2. The zero-order valence-corrected chi connectivity index (χ0v) is 38.0. The number of benzene rings is 1. The van der Waals surface area contributed by atoms with Crippen molar-refractivity contribution >= 4 is 39.3 Å². The summed E-state index contributed by atoms with van der Waals surface area (Å²) in [5.74, 6) is -2.62. The van der Waals surface area contributed by atoms with E-state index in [1.165, 1.54) is 12.1 Å². The molecule has 7 rings (SSSR count). The number of rotatable bonds is 15. The molecule has 6 fully saturated rings. The Morgan fingerprint density at radius 3 is 2.12 bits per heavy atom. The van der Waals surface area contributed by atoms with Crippen LogP contribution in [-0.4, -0.2) is 84.8 Å². The lowest BCUT2D eigenvalue weighted by Gasteiger charge is -2.37. The molecule has 0 radical (unpaired) electrons. The molecule has 1 aromatic rings. The Morgan fingerprint density at radius 1 is 0.900 bits per heavy atom. The second-order valence-electron chi connectivity index (χ2n) is 21.4. The molecule has 0 bridgehead atoms. The quantitative estimate of drug-likeness (QED) is 0.179. The van der Waals surface area contributed by atoms with E-state index in [1.54, 1.807) is 29.2 Å². The molecule has 12 heteroatoms. The number of Topliss-reactive ketones (excluding diaryl/α,β-unsaturated/α-hetero) is 2. The van der Waals surface area contributed by atoms with E-state index in [4.69, 9.17) is 0 Å². The van der Waals surface area contributed by atoms with Crippen LogP contribution in [0.25, 0.3) is 0 Å². The molecule has 2 N–H and O–H groups in total. The molecule has 2 saturated heterocycles. The van der Waals surface area contributed by atoms with Crippen LogP contribution in [-0.2, 0) is 34.0 Å². The van der Waals surface area contributed by atoms with Gasteiger partial charge >= 0.3 is 0 Å². The van der Waals surface area contributed by atoms with Crippen molar-refractivity contribution in [3.63, 3.8) is 0 Å². The largest absolute Gasteiger partial charge is 0.345 e. The van der Waals surface area contributed by atoms with Crippen LogP contribution >= 0.6 is 0 Å². The van der Waals surface area contributed by atoms with Crippen LogP contribution < -0.4 is 10.0 Å². The first-order valence-corrected chi connectivity index (χ1v) is 24.3. The van der Waals surface area contributed by atoms with Gasteiger partial charge in [-0.25, -0.2) is 13.1 Å². The highest BCUT2D eigenvalue weighted by Gasteiger charge is 2.85. The van der Waals surface area contributed by atoms with E-state index in [2.05, 4.69) is 49.2 Å².